The molecule has 0 radical (unpaired) electrons. The number of aryl methyl sites for hydroxylation is 1. The van der Waals surface area contributed by atoms with Crippen molar-refractivity contribution in [2.24, 2.45) is 0 Å². The Hall–Kier alpha value is -2.31. The van der Waals surface area contributed by atoms with E-state index in [2.05, 4.69) is 51.4 Å². The topological polar surface area (TPSA) is 67.4 Å². The van der Waals surface area contributed by atoms with Crippen LogP contribution >= 0.6 is 0 Å². The van der Waals surface area contributed by atoms with Crippen LogP contribution in [0.1, 0.15) is 39.5 Å². The van der Waals surface area contributed by atoms with Crippen LogP contribution in [0.4, 0.5) is 5.95 Å². The fourth-order valence-corrected chi connectivity index (χ4v) is 3.76. The number of nitrogens with zero attached hydrogens (tertiary/aromatic N) is 3. The van der Waals surface area contributed by atoms with Gasteiger partial charge in [-0.05, 0) is 24.8 Å². The van der Waals surface area contributed by atoms with Crippen LogP contribution in [0.15, 0.2) is 30.5 Å². The average Bonchev–Trinajstić information content (AvgIpc) is 2.69. The molecule has 4 rings (SSSR count). The monoisotopic (exact) mass is 366 g/mol. The summed E-state index contributed by atoms with van der Waals surface area (Å²) in [6.07, 6.45) is 3.00. The van der Waals surface area contributed by atoms with Crippen LogP contribution in [0.3, 0.4) is 0 Å². The van der Waals surface area contributed by atoms with Gasteiger partial charge in [0.1, 0.15) is 0 Å². The predicted octanol–water partition coefficient (Wildman–Crippen LogP) is 2.44. The molecule has 1 N–H and O–H groups in total. The molecule has 1 aromatic heterocycles. The highest BCUT2D eigenvalue weighted by molar-refractivity contribution is 5.98. The molecule has 1 aliphatic carbocycles. The number of ether oxygens (including phenoxy) is 1. The molecule has 0 amide bonds. The summed E-state index contributed by atoms with van der Waals surface area (Å²) >= 11 is 0. The molecule has 0 unspecified atom stereocenters. The Morgan fingerprint density at radius 3 is 2.74 bits per heavy atom. The summed E-state index contributed by atoms with van der Waals surface area (Å²) in [7, 11) is 0. The lowest BCUT2D eigenvalue weighted by Crippen LogP contribution is -2.39. The van der Waals surface area contributed by atoms with Crippen LogP contribution in [0.5, 0.6) is 0 Å². The molecule has 6 heteroatoms. The maximum Gasteiger partial charge on any atom is 0.222 e. The lowest BCUT2D eigenvalue weighted by Gasteiger charge is -2.26. The van der Waals surface area contributed by atoms with Gasteiger partial charge < -0.3 is 10.1 Å². The van der Waals surface area contributed by atoms with Crippen LogP contribution in [0.2, 0.25) is 0 Å². The number of nitrogens with one attached hydrogen (secondary N) is 1. The van der Waals surface area contributed by atoms with E-state index in [1.807, 2.05) is 0 Å². The Kier molecular flexibility index (Phi) is 5.45. The Morgan fingerprint density at radius 1 is 1.19 bits per heavy atom. The lowest BCUT2D eigenvalue weighted by atomic mass is 9.82. The van der Waals surface area contributed by atoms with Crippen molar-refractivity contribution in [3.05, 3.63) is 52.8 Å². The Labute approximate surface area is 160 Å². The van der Waals surface area contributed by atoms with Crippen molar-refractivity contribution in [2.45, 2.75) is 25.7 Å². The molecule has 1 aromatic carbocycles. The van der Waals surface area contributed by atoms with Crippen LogP contribution in [-0.4, -0.2) is 60.0 Å². The Bertz CT molecular complexity index is 800. The lowest BCUT2D eigenvalue weighted by molar-refractivity contribution is 0.0398. The minimum atomic E-state index is 0.140. The van der Waals surface area contributed by atoms with Gasteiger partial charge in [0.25, 0.3) is 0 Å². The number of hydrogen-bond donors (Lipinski definition) is 1. The number of fused-ring (bicyclic) bond motifs is 1. The molecule has 1 atom stereocenters. The highest BCUT2D eigenvalue weighted by atomic mass is 16.5. The molecule has 6 nitrogen and oxygen atoms in total. The van der Waals surface area contributed by atoms with E-state index in [0.717, 1.165) is 51.5 Å². The zero-order valence-corrected chi connectivity index (χ0v) is 15.8. The molecule has 2 aromatic rings. The number of benzene rings is 1. The molecule has 0 bridgehead atoms. The first-order chi connectivity index (χ1) is 13.2. The van der Waals surface area contributed by atoms with E-state index in [9.17, 15) is 4.79 Å². The van der Waals surface area contributed by atoms with E-state index < -0.39 is 0 Å². The smallest absolute Gasteiger partial charge is 0.222 e. The summed E-state index contributed by atoms with van der Waals surface area (Å²) in [6.45, 7) is 7.35. The number of ketones is 1. The van der Waals surface area contributed by atoms with E-state index in [4.69, 9.17) is 4.74 Å². The van der Waals surface area contributed by atoms with E-state index in [1.54, 1.807) is 6.20 Å². The van der Waals surface area contributed by atoms with E-state index in [-0.39, 0.29) is 11.7 Å². The first kappa shape index (κ1) is 18.1. The second-order valence-electron chi connectivity index (χ2n) is 7.37. The summed E-state index contributed by atoms with van der Waals surface area (Å²) in [6, 6.07) is 8.46. The summed E-state index contributed by atoms with van der Waals surface area (Å²) in [4.78, 5) is 23.9. The Balaban J connectivity index is 1.42. The maximum absolute atomic E-state index is 12.5. The van der Waals surface area contributed by atoms with E-state index in [0.29, 0.717) is 17.9 Å². The van der Waals surface area contributed by atoms with Crippen molar-refractivity contribution in [3.63, 3.8) is 0 Å². The molecule has 0 saturated carbocycles. The molecular weight excluding hydrogens is 340 g/mol. The highest BCUT2D eigenvalue weighted by Gasteiger charge is 2.28. The third-order valence-electron chi connectivity index (χ3n) is 5.40. The van der Waals surface area contributed by atoms with E-state index in [1.165, 1.54) is 11.1 Å². The number of aromatic nitrogens is 2. The summed E-state index contributed by atoms with van der Waals surface area (Å²) < 4.78 is 5.37. The average molecular weight is 366 g/mol. The number of morpholine rings is 1. The van der Waals surface area contributed by atoms with Crippen molar-refractivity contribution in [3.8, 4) is 0 Å². The number of carbonyl (C=O) groups excluding carboxylic acids is 1. The third-order valence-corrected chi connectivity index (χ3v) is 5.40. The molecule has 1 aliphatic heterocycles. The van der Waals surface area contributed by atoms with Crippen molar-refractivity contribution >= 4 is 11.7 Å². The molecule has 142 valence electrons. The fraction of sp³-hybridized carbons (Fsp3) is 0.476. The minimum Gasteiger partial charge on any atom is -0.379 e. The molecule has 1 fully saturated rings. The van der Waals surface area contributed by atoms with Gasteiger partial charge >= 0.3 is 0 Å². The number of anilines is 1. The molecule has 27 heavy (non-hydrogen) atoms. The van der Waals surface area contributed by atoms with Gasteiger partial charge in [-0.1, -0.05) is 29.8 Å². The molecule has 0 spiro atoms. The number of hydrogen-bond acceptors (Lipinski definition) is 6. The van der Waals surface area contributed by atoms with Crippen molar-refractivity contribution < 1.29 is 9.53 Å². The predicted molar refractivity (Wildman–Crippen MR) is 104 cm³/mol. The van der Waals surface area contributed by atoms with Gasteiger partial charge in [0, 0.05) is 38.8 Å². The number of rotatable bonds is 5. The van der Waals surface area contributed by atoms with Crippen molar-refractivity contribution in [2.75, 3.05) is 44.7 Å². The van der Waals surface area contributed by atoms with Crippen molar-refractivity contribution in [1.29, 1.82) is 0 Å². The number of carbonyl (C=O) groups is 1. The van der Waals surface area contributed by atoms with Gasteiger partial charge in [-0.25, -0.2) is 9.97 Å². The van der Waals surface area contributed by atoms with Gasteiger partial charge in [-0.2, -0.15) is 0 Å². The zero-order chi connectivity index (χ0) is 18.6. The summed E-state index contributed by atoms with van der Waals surface area (Å²) in [5.74, 6) is 0.947. The highest BCUT2D eigenvalue weighted by Crippen LogP contribution is 2.32. The van der Waals surface area contributed by atoms with Gasteiger partial charge in [-0.3, -0.25) is 9.69 Å². The van der Waals surface area contributed by atoms with Crippen LogP contribution in [0, 0.1) is 6.92 Å². The van der Waals surface area contributed by atoms with Gasteiger partial charge in [0.05, 0.1) is 24.5 Å². The molecular formula is C21H26N4O2. The fourth-order valence-electron chi connectivity index (χ4n) is 3.76. The first-order valence-electron chi connectivity index (χ1n) is 9.69. The normalized spacial score (nSPS) is 20.3. The SMILES string of the molecule is Cc1ccc([C@@H]2CC(=O)c3cnc(NCCN4CCOCC4)nc3C2)cc1. The Morgan fingerprint density at radius 2 is 1.96 bits per heavy atom. The first-order valence-corrected chi connectivity index (χ1v) is 9.69. The molecule has 1 saturated heterocycles. The van der Waals surface area contributed by atoms with Gasteiger partial charge in [0.2, 0.25) is 5.95 Å². The molecule has 2 heterocycles. The summed E-state index contributed by atoms with van der Waals surface area (Å²) in [5, 5.41) is 3.30. The van der Waals surface area contributed by atoms with Crippen molar-refractivity contribution in [1.82, 2.24) is 14.9 Å². The third kappa shape index (κ3) is 4.34. The summed E-state index contributed by atoms with van der Waals surface area (Å²) in [5.41, 5.74) is 3.98. The second-order valence-corrected chi connectivity index (χ2v) is 7.37. The number of Topliss-reactive ketones (excluding diaryl/α,β-unsaturated/α-hetero) is 1. The standard InChI is InChI=1S/C21H26N4O2/c1-15-2-4-16(5-3-15)17-12-19-18(20(26)13-17)14-23-21(24-19)22-6-7-25-8-10-27-11-9-25/h2-5,14,17H,6-13H2,1H3,(H,22,23,24)/t17-/m0/s1. The van der Waals surface area contributed by atoms with Gasteiger partial charge in [0.15, 0.2) is 5.78 Å². The van der Waals surface area contributed by atoms with Crippen LogP contribution < -0.4 is 5.32 Å². The van der Waals surface area contributed by atoms with Crippen LogP contribution in [0.25, 0.3) is 0 Å². The maximum atomic E-state index is 12.5. The largest absolute Gasteiger partial charge is 0.379 e. The van der Waals surface area contributed by atoms with E-state index >= 15 is 0 Å². The minimum absolute atomic E-state index is 0.140. The molecule has 2 aliphatic rings. The zero-order valence-electron chi connectivity index (χ0n) is 15.8. The second kappa shape index (κ2) is 8.15. The van der Waals surface area contributed by atoms with Crippen LogP contribution in [-0.2, 0) is 11.2 Å². The quantitative estimate of drug-likeness (QED) is 0.877. The van der Waals surface area contributed by atoms with Gasteiger partial charge in [-0.15, -0.1) is 0 Å².